The fourth-order valence-corrected chi connectivity index (χ4v) is 2.71. The summed E-state index contributed by atoms with van der Waals surface area (Å²) in [6, 6.07) is 17.3. The predicted octanol–water partition coefficient (Wildman–Crippen LogP) is 3.93. The molecular formula is C19H15N3O3. The highest BCUT2D eigenvalue weighted by Crippen LogP contribution is 2.33. The Morgan fingerprint density at radius 1 is 1.04 bits per heavy atom. The molecular weight excluding hydrogens is 318 g/mol. The summed E-state index contributed by atoms with van der Waals surface area (Å²) in [5.74, 6) is 0.199. The topological polar surface area (TPSA) is 88.2 Å². The van der Waals surface area contributed by atoms with Gasteiger partial charge in [-0.15, -0.1) is 0 Å². The van der Waals surface area contributed by atoms with E-state index in [1.807, 2.05) is 54.6 Å². The van der Waals surface area contributed by atoms with Gasteiger partial charge in [-0.1, -0.05) is 42.5 Å². The summed E-state index contributed by atoms with van der Waals surface area (Å²) in [5, 5.41) is 12.8. The Kier molecular flexibility index (Phi) is 3.78. The lowest BCUT2D eigenvalue weighted by Crippen LogP contribution is -2.09. The summed E-state index contributed by atoms with van der Waals surface area (Å²) in [7, 11) is 0. The molecule has 124 valence electrons. The lowest BCUT2D eigenvalue weighted by molar-refractivity contribution is -0.136. The number of carboxylic acids is 1. The van der Waals surface area contributed by atoms with E-state index in [1.165, 1.54) is 0 Å². The van der Waals surface area contributed by atoms with Gasteiger partial charge in [0.25, 0.3) is 0 Å². The molecule has 2 aromatic carbocycles. The molecule has 4 rings (SSSR count). The molecule has 25 heavy (non-hydrogen) atoms. The Balaban J connectivity index is 1.89. The van der Waals surface area contributed by atoms with Gasteiger partial charge >= 0.3 is 5.97 Å². The first kappa shape index (κ1) is 15.1. The third kappa shape index (κ3) is 2.89. The third-order valence-electron chi connectivity index (χ3n) is 3.88. The summed E-state index contributed by atoms with van der Waals surface area (Å²) in [4.78, 5) is 20.0. The molecule has 2 aromatic heterocycles. The van der Waals surface area contributed by atoms with Crippen LogP contribution in [0.5, 0.6) is 0 Å². The molecule has 0 atom stereocenters. The summed E-state index contributed by atoms with van der Waals surface area (Å²) in [6.07, 6.45) is -0.00754. The summed E-state index contributed by atoms with van der Waals surface area (Å²) in [6.45, 7) is 0.257. The molecule has 0 unspecified atom stereocenters. The maximum absolute atomic E-state index is 10.8. The number of carboxylic acid groups (broad SMARTS) is 1. The van der Waals surface area contributed by atoms with Gasteiger partial charge in [0.1, 0.15) is 11.1 Å². The Labute approximate surface area is 143 Å². The maximum Gasteiger partial charge on any atom is 0.305 e. The number of para-hydroxylation sites is 1. The van der Waals surface area contributed by atoms with Crippen molar-refractivity contribution in [2.24, 2.45) is 0 Å². The fraction of sp³-hybridized carbons (Fsp3) is 0.105. The summed E-state index contributed by atoms with van der Waals surface area (Å²) < 4.78 is 5.90. The van der Waals surface area contributed by atoms with Crippen molar-refractivity contribution in [2.45, 2.75) is 6.42 Å². The molecule has 0 aliphatic heterocycles. The average molecular weight is 333 g/mol. The molecule has 6 nitrogen and oxygen atoms in total. The number of nitrogens with one attached hydrogen (secondary N) is 1. The maximum atomic E-state index is 10.8. The van der Waals surface area contributed by atoms with Crippen molar-refractivity contribution >= 4 is 33.9 Å². The van der Waals surface area contributed by atoms with Crippen LogP contribution in [0.25, 0.3) is 33.5 Å². The molecule has 4 aromatic rings. The Bertz CT molecular complexity index is 1060. The van der Waals surface area contributed by atoms with Gasteiger partial charge in [0.05, 0.1) is 6.42 Å². The Morgan fingerprint density at radius 3 is 2.60 bits per heavy atom. The highest BCUT2D eigenvalue weighted by atomic mass is 16.4. The van der Waals surface area contributed by atoms with Crippen LogP contribution < -0.4 is 5.32 Å². The van der Waals surface area contributed by atoms with Gasteiger partial charge < -0.3 is 14.8 Å². The van der Waals surface area contributed by atoms with Gasteiger partial charge in [-0.25, -0.2) is 9.97 Å². The number of fused-ring (bicyclic) bond motifs is 3. The molecule has 2 N–H and O–H groups in total. The van der Waals surface area contributed by atoms with Gasteiger partial charge in [-0.05, 0) is 12.1 Å². The molecule has 0 amide bonds. The second-order valence-electron chi connectivity index (χ2n) is 5.61. The number of hydrogen-bond acceptors (Lipinski definition) is 5. The largest absolute Gasteiger partial charge is 0.481 e. The highest BCUT2D eigenvalue weighted by Gasteiger charge is 2.16. The fourth-order valence-electron chi connectivity index (χ4n) is 2.71. The zero-order valence-corrected chi connectivity index (χ0v) is 13.3. The number of aliphatic carboxylic acids is 1. The van der Waals surface area contributed by atoms with Crippen LogP contribution >= 0.6 is 0 Å². The lowest BCUT2D eigenvalue weighted by atomic mass is 10.2. The van der Waals surface area contributed by atoms with Gasteiger partial charge in [-0.3, -0.25) is 4.79 Å². The molecule has 0 bridgehead atoms. The minimum absolute atomic E-state index is 0.00754. The van der Waals surface area contributed by atoms with Gasteiger partial charge in [0.15, 0.2) is 17.2 Å². The number of benzene rings is 2. The standard InChI is InChI=1S/C19H15N3O3/c23-15(24)10-11-20-19-17-16(13-8-4-5-9-14(13)25-17)21-18(22-19)12-6-2-1-3-7-12/h1-9H,10-11H2,(H,23,24)(H,20,21,22). The SMILES string of the molecule is O=C(O)CCNc1nc(-c2ccccc2)nc2c1oc1ccccc12. The number of anilines is 1. The average Bonchev–Trinajstić information content (AvgIpc) is 3.01. The summed E-state index contributed by atoms with van der Waals surface area (Å²) in [5.41, 5.74) is 2.85. The smallest absolute Gasteiger partial charge is 0.305 e. The molecule has 0 radical (unpaired) electrons. The van der Waals surface area contributed by atoms with Crippen molar-refractivity contribution in [3.63, 3.8) is 0 Å². The van der Waals surface area contributed by atoms with Gasteiger partial charge in [-0.2, -0.15) is 0 Å². The van der Waals surface area contributed by atoms with Crippen LogP contribution in [-0.2, 0) is 4.79 Å². The molecule has 2 heterocycles. The highest BCUT2D eigenvalue weighted by molar-refractivity contribution is 6.06. The van der Waals surface area contributed by atoms with Gasteiger partial charge in [0, 0.05) is 17.5 Å². The van der Waals surface area contributed by atoms with Crippen LogP contribution in [0.3, 0.4) is 0 Å². The number of carbonyl (C=O) groups is 1. The second-order valence-corrected chi connectivity index (χ2v) is 5.61. The Hall–Kier alpha value is -3.41. The molecule has 0 fully saturated rings. The van der Waals surface area contributed by atoms with E-state index in [-0.39, 0.29) is 13.0 Å². The zero-order chi connectivity index (χ0) is 17.2. The van der Waals surface area contributed by atoms with Crippen molar-refractivity contribution in [3.05, 3.63) is 54.6 Å². The minimum Gasteiger partial charge on any atom is -0.481 e. The minimum atomic E-state index is -0.870. The van der Waals surface area contributed by atoms with E-state index in [0.717, 1.165) is 16.5 Å². The van der Waals surface area contributed by atoms with Crippen molar-refractivity contribution in [2.75, 3.05) is 11.9 Å². The van der Waals surface area contributed by atoms with Crippen LogP contribution in [-0.4, -0.2) is 27.6 Å². The van der Waals surface area contributed by atoms with E-state index in [9.17, 15) is 4.79 Å². The van der Waals surface area contributed by atoms with E-state index in [4.69, 9.17) is 9.52 Å². The quantitative estimate of drug-likeness (QED) is 0.575. The molecule has 0 aliphatic rings. The van der Waals surface area contributed by atoms with Crippen LogP contribution in [0.15, 0.2) is 59.0 Å². The second kappa shape index (κ2) is 6.24. The first-order valence-corrected chi connectivity index (χ1v) is 7.93. The van der Waals surface area contributed by atoms with Crippen molar-refractivity contribution in [3.8, 4) is 11.4 Å². The van der Waals surface area contributed by atoms with Crippen LogP contribution in [0.4, 0.5) is 5.82 Å². The first-order valence-electron chi connectivity index (χ1n) is 7.93. The van der Waals surface area contributed by atoms with Crippen LogP contribution in [0.1, 0.15) is 6.42 Å². The number of aromatic nitrogens is 2. The lowest BCUT2D eigenvalue weighted by Gasteiger charge is -2.07. The molecule has 0 saturated carbocycles. The number of rotatable bonds is 5. The number of hydrogen-bond donors (Lipinski definition) is 2. The van der Waals surface area contributed by atoms with Crippen molar-refractivity contribution in [1.29, 1.82) is 0 Å². The van der Waals surface area contributed by atoms with Crippen LogP contribution in [0, 0.1) is 0 Å². The summed E-state index contributed by atoms with van der Waals surface area (Å²) >= 11 is 0. The van der Waals surface area contributed by atoms with E-state index in [1.54, 1.807) is 0 Å². The van der Waals surface area contributed by atoms with Crippen LogP contribution in [0.2, 0.25) is 0 Å². The molecule has 0 saturated heterocycles. The monoisotopic (exact) mass is 333 g/mol. The zero-order valence-electron chi connectivity index (χ0n) is 13.3. The molecule has 6 heteroatoms. The van der Waals surface area contributed by atoms with Gasteiger partial charge in [0.2, 0.25) is 0 Å². The normalized spacial score (nSPS) is 11.0. The first-order chi connectivity index (χ1) is 12.2. The number of furan rings is 1. The third-order valence-corrected chi connectivity index (χ3v) is 3.88. The van der Waals surface area contributed by atoms with Crippen molar-refractivity contribution in [1.82, 2.24) is 9.97 Å². The Morgan fingerprint density at radius 2 is 1.80 bits per heavy atom. The van der Waals surface area contributed by atoms with E-state index in [0.29, 0.717) is 22.7 Å². The van der Waals surface area contributed by atoms with E-state index < -0.39 is 5.97 Å². The van der Waals surface area contributed by atoms with E-state index in [2.05, 4.69) is 15.3 Å². The molecule has 0 spiro atoms. The molecule has 0 aliphatic carbocycles. The van der Waals surface area contributed by atoms with Crippen molar-refractivity contribution < 1.29 is 14.3 Å². The number of nitrogens with zero attached hydrogens (tertiary/aromatic N) is 2. The predicted molar refractivity (Wildman–Crippen MR) is 95.5 cm³/mol. The van der Waals surface area contributed by atoms with E-state index >= 15 is 0 Å².